The molecular formula is C25H28FN3O2S. The SMILES string of the molecule is Cc1ccsc1CN(Cc1ccccc1)C(=O)CN(C(=O)Nc1cccc(F)c1)C(C)C. The second-order valence-corrected chi connectivity index (χ2v) is 8.93. The smallest absolute Gasteiger partial charge is 0.322 e. The number of urea groups is 1. The fourth-order valence-corrected chi connectivity index (χ4v) is 4.19. The number of anilines is 1. The molecule has 0 saturated heterocycles. The van der Waals surface area contributed by atoms with Gasteiger partial charge in [-0.1, -0.05) is 36.4 Å². The van der Waals surface area contributed by atoms with Gasteiger partial charge in [0.05, 0.1) is 6.54 Å². The van der Waals surface area contributed by atoms with Gasteiger partial charge in [0, 0.05) is 23.2 Å². The van der Waals surface area contributed by atoms with Gasteiger partial charge in [-0.15, -0.1) is 11.3 Å². The minimum atomic E-state index is -0.439. The number of hydrogen-bond donors (Lipinski definition) is 1. The van der Waals surface area contributed by atoms with E-state index in [0.29, 0.717) is 18.8 Å². The lowest BCUT2D eigenvalue weighted by atomic mass is 10.2. The third-order valence-electron chi connectivity index (χ3n) is 5.14. The fourth-order valence-electron chi connectivity index (χ4n) is 3.27. The van der Waals surface area contributed by atoms with Crippen LogP contribution in [0.15, 0.2) is 66.0 Å². The monoisotopic (exact) mass is 453 g/mol. The molecule has 0 unspecified atom stereocenters. The highest BCUT2D eigenvalue weighted by molar-refractivity contribution is 7.10. The van der Waals surface area contributed by atoms with Crippen LogP contribution >= 0.6 is 11.3 Å². The summed E-state index contributed by atoms with van der Waals surface area (Å²) in [5.74, 6) is -0.583. The lowest BCUT2D eigenvalue weighted by Gasteiger charge is -2.30. The molecule has 0 bridgehead atoms. The summed E-state index contributed by atoms with van der Waals surface area (Å²) in [5.41, 5.74) is 2.52. The van der Waals surface area contributed by atoms with Crippen LogP contribution in [0.1, 0.15) is 29.9 Å². The molecule has 2 aromatic carbocycles. The minimum absolute atomic E-state index is 0.0733. The maximum Gasteiger partial charge on any atom is 0.322 e. The van der Waals surface area contributed by atoms with Crippen molar-refractivity contribution in [2.24, 2.45) is 0 Å². The topological polar surface area (TPSA) is 52.7 Å². The number of nitrogens with zero attached hydrogens (tertiary/aromatic N) is 2. The van der Waals surface area contributed by atoms with Crippen LogP contribution in [0, 0.1) is 12.7 Å². The zero-order valence-corrected chi connectivity index (χ0v) is 19.4. The molecule has 0 aliphatic carbocycles. The minimum Gasteiger partial charge on any atom is -0.332 e. The number of carbonyl (C=O) groups excluding carboxylic acids is 2. The molecule has 0 saturated carbocycles. The summed E-state index contributed by atoms with van der Waals surface area (Å²) in [7, 11) is 0. The first kappa shape index (κ1) is 23.5. The predicted octanol–water partition coefficient (Wildman–Crippen LogP) is 5.67. The zero-order valence-electron chi connectivity index (χ0n) is 18.5. The van der Waals surface area contributed by atoms with Crippen LogP contribution in [-0.2, 0) is 17.9 Å². The summed E-state index contributed by atoms with van der Waals surface area (Å²) in [6.45, 7) is 6.59. The van der Waals surface area contributed by atoms with Gasteiger partial charge in [0.2, 0.25) is 5.91 Å². The molecule has 1 aromatic heterocycles. The van der Waals surface area contributed by atoms with E-state index in [1.165, 1.54) is 23.1 Å². The number of thiophene rings is 1. The molecule has 3 rings (SSSR count). The molecule has 5 nitrogen and oxygen atoms in total. The highest BCUT2D eigenvalue weighted by Crippen LogP contribution is 2.20. The van der Waals surface area contributed by atoms with E-state index in [0.717, 1.165) is 16.0 Å². The summed E-state index contributed by atoms with van der Waals surface area (Å²) in [6, 6.07) is 16.9. The van der Waals surface area contributed by atoms with Crippen molar-refractivity contribution in [3.63, 3.8) is 0 Å². The van der Waals surface area contributed by atoms with Gasteiger partial charge < -0.3 is 15.1 Å². The number of amides is 3. The van der Waals surface area contributed by atoms with Crippen molar-refractivity contribution < 1.29 is 14.0 Å². The molecule has 0 fully saturated rings. The van der Waals surface area contributed by atoms with E-state index in [9.17, 15) is 14.0 Å². The van der Waals surface area contributed by atoms with Crippen LogP contribution in [0.5, 0.6) is 0 Å². The summed E-state index contributed by atoms with van der Waals surface area (Å²) in [6.07, 6.45) is 0. The predicted molar refractivity (Wildman–Crippen MR) is 127 cm³/mol. The van der Waals surface area contributed by atoms with Gasteiger partial charge in [-0.25, -0.2) is 9.18 Å². The van der Waals surface area contributed by atoms with Gasteiger partial charge >= 0.3 is 6.03 Å². The van der Waals surface area contributed by atoms with Crippen molar-refractivity contribution in [2.45, 2.75) is 39.9 Å². The highest BCUT2D eigenvalue weighted by atomic mass is 32.1. The van der Waals surface area contributed by atoms with Crippen molar-refractivity contribution in [2.75, 3.05) is 11.9 Å². The molecule has 7 heteroatoms. The van der Waals surface area contributed by atoms with Crippen molar-refractivity contribution in [3.8, 4) is 0 Å². The van der Waals surface area contributed by atoms with Gasteiger partial charge in [0.1, 0.15) is 12.4 Å². The second-order valence-electron chi connectivity index (χ2n) is 7.92. The van der Waals surface area contributed by atoms with Gasteiger partial charge in [-0.3, -0.25) is 4.79 Å². The van der Waals surface area contributed by atoms with Crippen LogP contribution in [0.2, 0.25) is 0 Å². The van der Waals surface area contributed by atoms with E-state index in [2.05, 4.69) is 5.32 Å². The van der Waals surface area contributed by atoms with Crippen LogP contribution in [-0.4, -0.2) is 34.3 Å². The quantitative estimate of drug-likeness (QED) is 0.478. The van der Waals surface area contributed by atoms with Crippen molar-refractivity contribution in [1.29, 1.82) is 0 Å². The Labute approximate surface area is 192 Å². The number of hydrogen-bond acceptors (Lipinski definition) is 3. The molecule has 3 amide bonds. The van der Waals surface area contributed by atoms with Crippen molar-refractivity contribution in [3.05, 3.63) is 87.9 Å². The Balaban J connectivity index is 1.76. The van der Waals surface area contributed by atoms with Gasteiger partial charge in [0.15, 0.2) is 0 Å². The molecule has 0 aliphatic rings. The van der Waals surface area contributed by atoms with Crippen LogP contribution in [0.25, 0.3) is 0 Å². The van der Waals surface area contributed by atoms with Crippen LogP contribution < -0.4 is 5.32 Å². The molecule has 0 spiro atoms. The summed E-state index contributed by atoms with van der Waals surface area (Å²) in [4.78, 5) is 30.6. The maximum atomic E-state index is 13.5. The van der Waals surface area contributed by atoms with Crippen molar-refractivity contribution >= 4 is 29.0 Å². The first-order valence-corrected chi connectivity index (χ1v) is 11.4. The van der Waals surface area contributed by atoms with Gasteiger partial charge in [0.25, 0.3) is 0 Å². The fraction of sp³-hybridized carbons (Fsp3) is 0.280. The molecule has 0 aliphatic heterocycles. The second kappa shape index (κ2) is 10.9. The lowest BCUT2D eigenvalue weighted by Crippen LogP contribution is -2.47. The molecule has 0 radical (unpaired) electrons. The van der Waals surface area contributed by atoms with Crippen molar-refractivity contribution in [1.82, 2.24) is 9.80 Å². The summed E-state index contributed by atoms with van der Waals surface area (Å²) in [5, 5.41) is 4.71. The molecule has 1 heterocycles. The zero-order chi connectivity index (χ0) is 23.1. The Bertz CT molecular complexity index is 1050. The maximum absolute atomic E-state index is 13.5. The van der Waals surface area contributed by atoms with E-state index < -0.39 is 11.8 Å². The molecule has 0 atom stereocenters. The van der Waals surface area contributed by atoms with E-state index in [4.69, 9.17) is 0 Å². The number of halogens is 1. The number of aryl methyl sites for hydroxylation is 1. The van der Waals surface area contributed by atoms with Crippen LogP contribution in [0.4, 0.5) is 14.9 Å². The van der Waals surface area contributed by atoms with Crippen LogP contribution in [0.3, 0.4) is 0 Å². The molecule has 3 aromatic rings. The Kier molecular flexibility index (Phi) is 8.00. The normalized spacial score (nSPS) is 10.8. The van der Waals surface area contributed by atoms with E-state index >= 15 is 0 Å². The number of nitrogens with one attached hydrogen (secondary N) is 1. The van der Waals surface area contributed by atoms with Gasteiger partial charge in [-0.05, 0) is 61.5 Å². The number of rotatable bonds is 8. The summed E-state index contributed by atoms with van der Waals surface area (Å²) >= 11 is 1.62. The molecular weight excluding hydrogens is 425 g/mol. The van der Waals surface area contributed by atoms with E-state index in [1.54, 1.807) is 22.3 Å². The summed E-state index contributed by atoms with van der Waals surface area (Å²) < 4.78 is 13.5. The Hall–Kier alpha value is -3.19. The average Bonchev–Trinajstić information content (AvgIpc) is 3.16. The standard InChI is InChI=1S/C25H28FN3O2S/c1-18(2)29(25(31)27-22-11-7-10-21(26)14-22)17-24(30)28(15-20-8-5-4-6-9-20)16-23-19(3)12-13-32-23/h4-14,18H,15-17H2,1-3H3,(H,27,31). The Morgan fingerprint density at radius 2 is 1.78 bits per heavy atom. The molecule has 32 heavy (non-hydrogen) atoms. The Morgan fingerprint density at radius 3 is 2.41 bits per heavy atom. The largest absolute Gasteiger partial charge is 0.332 e. The number of benzene rings is 2. The highest BCUT2D eigenvalue weighted by Gasteiger charge is 2.24. The van der Waals surface area contributed by atoms with E-state index in [1.807, 2.05) is 62.5 Å². The van der Waals surface area contributed by atoms with Gasteiger partial charge in [-0.2, -0.15) is 0 Å². The van der Waals surface area contributed by atoms with E-state index in [-0.39, 0.29) is 18.5 Å². The third kappa shape index (κ3) is 6.40. The molecule has 1 N–H and O–H groups in total. The number of carbonyl (C=O) groups is 2. The Morgan fingerprint density at radius 1 is 1.03 bits per heavy atom. The third-order valence-corrected chi connectivity index (χ3v) is 6.15. The average molecular weight is 454 g/mol. The first-order chi connectivity index (χ1) is 15.3. The molecule has 168 valence electrons. The lowest BCUT2D eigenvalue weighted by molar-refractivity contribution is -0.133. The first-order valence-electron chi connectivity index (χ1n) is 10.5.